The third-order valence-corrected chi connectivity index (χ3v) is 3.14. The lowest BCUT2D eigenvalue weighted by Crippen LogP contribution is -2.24. The summed E-state index contributed by atoms with van der Waals surface area (Å²) in [6.07, 6.45) is 0.944. The molecule has 1 aromatic carbocycles. The largest absolute Gasteiger partial charge is 0.311 e. The zero-order valence-electron chi connectivity index (χ0n) is 10.1. The molecule has 4 heteroatoms. The Morgan fingerprint density at radius 3 is 2.65 bits per heavy atom. The van der Waals surface area contributed by atoms with E-state index in [4.69, 9.17) is 23.2 Å². The van der Waals surface area contributed by atoms with Crippen LogP contribution >= 0.6 is 23.2 Å². The lowest BCUT2D eigenvalue weighted by molar-refractivity contribution is 0.526. The van der Waals surface area contributed by atoms with Gasteiger partial charge >= 0.3 is 0 Å². The van der Waals surface area contributed by atoms with Gasteiger partial charge in [0.2, 0.25) is 0 Å². The third kappa shape index (κ3) is 5.24. The summed E-state index contributed by atoms with van der Waals surface area (Å²) in [6, 6.07) is 4.70. The van der Waals surface area contributed by atoms with E-state index in [2.05, 4.69) is 19.2 Å². The average molecular weight is 278 g/mol. The second-order valence-electron chi connectivity index (χ2n) is 4.56. The molecule has 0 saturated heterocycles. The summed E-state index contributed by atoms with van der Waals surface area (Å²) in [5, 5.41) is 3.65. The maximum absolute atomic E-state index is 13.4. The Morgan fingerprint density at radius 1 is 1.35 bits per heavy atom. The Bertz CT molecular complexity index is 335. The molecule has 1 atom stereocenters. The van der Waals surface area contributed by atoms with Crippen molar-refractivity contribution in [3.05, 3.63) is 34.6 Å². The highest BCUT2D eigenvalue weighted by atomic mass is 35.5. The number of halogens is 3. The van der Waals surface area contributed by atoms with Crippen LogP contribution < -0.4 is 5.32 Å². The van der Waals surface area contributed by atoms with E-state index in [1.807, 2.05) is 0 Å². The molecule has 1 aromatic rings. The lowest BCUT2D eigenvalue weighted by atomic mass is 10.1. The first kappa shape index (κ1) is 14.7. The van der Waals surface area contributed by atoms with Crippen LogP contribution in [0.4, 0.5) is 4.39 Å². The minimum atomic E-state index is -0.278. The van der Waals surface area contributed by atoms with Gasteiger partial charge < -0.3 is 5.32 Å². The zero-order valence-corrected chi connectivity index (χ0v) is 11.7. The number of alkyl halides is 1. The van der Waals surface area contributed by atoms with E-state index in [0.29, 0.717) is 29.6 Å². The molecular formula is C13H18Cl2FN. The molecule has 1 nitrogen and oxygen atoms in total. The minimum Gasteiger partial charge on any atom is -0.311 e. The van der Waals surface area contributed by atoms with Crippen molar-refractivity contribution in [3.63, 3.8) is 0 Å². The van der Waals surface area contributed by atoms with E-state index in [0.717, 1.165) is 6.42 Å². The first-order valence-electron chi connectivity index (χ1n) is 5.78. The molecule has 0 heterocycles. The van der Waals surface area contributed by atoms with Gasteiger partial charge in [0.15, 0.2) is 0 Å². The number of hydrogen-bond acceptors (Lipinski definition) is 1. The molecule has 0 aliphatic heterocycles. The van der Waals surface area contributed by atoms with Crippen molar-refractivity contribution in [1.29, 1.82) is 0 Å². The van der Waals surface area contributed by atoms with Crippen LogP contribution in [-0.4, -0.2) is 11.9 Å². The topological polar surface area (TPSA) is 12.0 Å². The normalized spacial score (nSPS) is 13.1. The van der Waals surface area contributed by atoms with Crippen LogP contribution in [0.15, 0.2) is 18.2 Å². The Morgan fingerprint density at radius 2 is 2.06 bits per heavy atom. The standard InChI is InChI=1S/C13H18Cl2FN/c1-9(2)6-10(14)7-17-8-11-12(15)4-3-5-13(11)16/h3-5,9-10,17H,6-8H2,1-2H3. The van der Waals surface area contributed by atoms with Crippen LogP contribution in [0.2, 0.25) is 5.02 Å². The molecule has 0 fully saturated rings. The molecule has 0 amide bonds. The quantitative estimate of drug-likeness (QED) is 0.768. The maximum atomic E-state index is 13.4. The third-order valence-electron chi connectivity index (χ3n) is 2.46. The second kappa shape index (κ2) is 7.20. The van der Waals surface area contributed by atoms with Crippen molar-refractivity contribution in [3.8, 4) is 0 Å². The SMILES string of the molecule is CC(C)CC(Cl)CNCc1c(F)cccc1Cl. The van der Waals surface area contributed by atoms with E-state index in [9.17, 15) is 4.39 Å². The van der Waals surface area contributed by atoms with Gasteiger partial charge in [0.05, 0.1) is 0 Å². The molecule has 1 N–H and O–H groups in total. The van der Waals surface area contributed by atoms with Gasteiger partial charge in [-0.3, -0.25) is 0 Å². The fraction of sp³-hybridized carbons (Fsp3) is 0.538. The zero-order chi connectivity index (χ0) is 12.8. The predicted octanol–water partition coefficient (Wildman–Crippen LogP) is 4.22. The van der Waals surface area contributed by atoms with Crippen LogP contribution in [0, 0.1) is 11.7 Å². The van der Waals surface area contributed by atoms with E-state index in [-0.39, 0.29) is 11.2 Å². The van der Waals surface area contributed by atoms with Crippen molar-refractivity contribution in [2.75, 3.05) is 6.54 Å². The monoisotopic (exact) mass is 277 g/mol. The van der Waals surface area contributed by atoms with Gasteiger partial charge in [-0.1, -0.05) is 31.5 Å². The van der Waals surface area contributed by atoms with E-state index < -0.39 is 0 Å². The van der Waals surface area contributed by atoms with E-state index in [1.165, 1.54) is 6.07 Å². The Balaban J connectivity index is 2.41. The summed E-state index contributed by atoms with van der Waals surface area (Å²) in [4.78, 5) is 0. The van der Waals surface area contributed by atoms with Crippen molar-refractivity contribution >= 4 is 23.2 Å². The highest BCUT2D eigenvalue weighted by Gasteiger charge is 2.09. The number of nitrogens with one attached hydrogen (secondary N) is 1. The van der Waals surface area contributed by atoms with Gasteiger partial charge in [-0.15, -0.1) is 11.6 Å². The van der Waals surface area contributed by atoms with Gasteiger partial charge in [-0.05, 0) is 24.5 Å². The molecule has 0 bridgehead atoms. The van der Waals surface area contributed by atoms with Crippen LogP contribution in [0.1, 0.15) is 25.8 Å². The van der Waals surface area contributed by atoms with Crippen LogP contribution in [0.3, 0.4) is 0 Å². The fourth-order valence-corrected chi connectivity index (χ4v) is 2.35. The molecule has 96 valence electrons. The number of benzene rings is 1. The van der Waals surface area contributed by atoms with Crippen molar-refractivity contribution in [1.82, 2.24) is 5.32 Å². The average Bonchev–Trinajstić information content (AvgIpc) is 2.21. The van der Waals surface area contributed by atoms with Crippen LogP contribution in [-0.2, 0) is 6.54 Å². The highest BCUT2D eigenvalue weighted by molar-refractivity contribution is 6.31. The second-order valence-corrected chi connectivity index (χ2v) is 5.58. The molecule has 0 radical (unpaired) electrons. The van der Waals surface area contributed by atoms with Crippen LogP contribution in [0.5, 0.6) is 0 Å². The smallest absolute Gasteiger partial charge is 0.129 e. The Labute approximate surface area is 112 Å². The first-order valence-corrected chi connectivity index (χ1v) is 6.59. The number of hydrogen-bond donors (Lipinski definition) is 1. The predicted molar refractivity (Wildman–Crippen MR) is 72.2 cm³/mol. The van der Waals surface area contributed by atoms with E-state index >= 15 is 0 Å². The summed E-state index contributed by atoms with van der Waals surface area (Å²) in [5.41, 5.74) is 0.502. The minimum absolute atomic E-state index is 0.0700. The van der Waals surface area contributed by atoms with Gasteiger partial charge in [0.1, 0.15) is 5.82 Å². The molecule has 0 spiro atoms. The summed E-state index contributed by atoms with van der Waals surface area (Å²) >= 11 is 12.0. The fourth-order valence-electron chi connectivity index (χ4n) is 1.65. The van der Waals surface area contributed by atoms with Crippen LogP contribution in [0.25, 0.3) is 0 Å². The maximum Gasteiger partial charge on any atom is 0.129 e. The summed E-state index contributed by atoms with van der Waals surface area (Å²) in [6.45, 7) is 5.32. The molecular weight excluding hydrogens is 260 g/mol. The van der Waals surface area contributed by atoms with Gasteiger partial charge in [0.25, 0.3) is 0 Å². The molecule has 0 aliphatic rings. The van der Waals surface area contributed by atoms with Gasteiger partial charge in [0, 0.05) is 29.1 Å². The van der Waals surface area contributed by atoms with Crippen molar-refractivity contribution in [2.45, 2.75) is 32.2 Å². The molecule has 0 aromatic heterocycles. The lowest BCUT2D eigenvalue weighted by Gasteiger charge is -2.13. The Kier molecular flexibility index (Phi) is 6.24. The molecule has 17 heavy (non-hydrogen) atoms. The van der Waals surface area contributed by atoms with Gasteiger partial charge in [-0.25, -0.2) is 4.39 Å². The van der Waals surface area contributed by atoms with Crippen molar-refractivity contribution < 1.29 is 4.39 Å². The Hall–Kier alpha value is -0.310. The number of rotatable bonds is 6. The summed E-state index contributed by atoms with van der Waals surface area (Å²) < 4.78 is 13.4. The molecule has 1 rings (SSSR count). The highest BCUT2D eigenvalue weighted by Crippen LogP contribution is 2.18. The summed E-state index contributed by atoms with van der Waals surface area (Å²) in [7, 11) is 0. The van der Waals surface area contributed by atoms with E-state index in [1.54, 1.807) is 12.1 Å². The van der Waals surface area contributed by atoms with Gasteiger partial charge in [-0.2, -0.15) is 0 Å². The van der Waals surface area contributed by atoms with Crippen molar-refractivity contribution in [2.24, 2.45) is 5.92 Å². The molecule has 1 unspecified atom stereocenters. The molecule has 0 aliphatic carbocycles. The first-order chi connectivity index (χ1) is 8.00. The molecule has 0 saturated carbocycles. The summed E-state index contributed by atoms with van der Waals surface area (Å²) in [5.74, 6) is 0.288.